The Morgan fingerprint density at radius 2 is 1.82 bits per heavy atom. The maximum absolute atomic E-state index is 13.3. The maximum atomic E-state index is 13.3. The van der Waals surface area contributed by atoms with Crippen LogP contribution in [0.3, 0.4) is 0 Å². The average Bonchev–Trinajstić information content (AvgIpc) is 2.70. The highest BCUT2D eigenvalue weighted by molar-refractivity contribution is 7.89. The van der Waals surface area contributed by atoms with Gasteiger partial charge in [0.25, 0.3) is 0 Å². The van der Waals surface area contributed by atoms with Crippen LogP contribution in [-0.4, -0.2) is 59.7 Å². The van der Waals surface area contributed by atoms with Gasteiger partial charge in [-0.05, 0) is 42.8 Å². The van der Waals surface area contributed by atoms with Gasteiger partial charge in [-0.3, -0.25) is 4.90 Å². The number of nitrogens with zero attached hydrogens (tertiary/aromatic N) is 2. The molecule has 0 radical (unpaired) electrons. The number of nitrogens with one attached hydrogen (secondary N) is 1. The molecule has 28 heavy (non-hydrogen) atoms. The van der Waals surface area contributed by atoms with E-state index in [4.69, 9.17) is 4.74 Å². The fraction of sp³-hybridized carbons (Fsp3) is 0.400. The minimum Gasteiger partial charge on any atom is -0.495 e. The van der Waals surface area contributed by atoms with Crippen molar-refractivity contribution in [1.82, 2.24) is 9.62 Å². The number of hydrogen-bond acceptors (Lipinski definition) is 5. The van der Waals surface area contributed by atoms with Gasteiger partial charge in [-0.1, -0.05) is 12.1 Å². The van der Waals surface area contributed by atoms with Gasteiger partial charge in [0.2, 0.25) is 10.0 Å². The van der Waals surface area contributed by atoms with Crippen molar-refractivity contribution in [1.29, 1.82) is 0 Å². The minimum atomic E-state index is -3.63. The van der Waals surface area contributed by atoms with E-state index in [2.05, 4.69) is 14.5 Å². The summed E-state index contributed by atoms with van der Waals surface area (Å²) in [5.74, 6) is 0.449. The monoisotopic (exact) mass is 407 g/mol. The summed E-state index contributed by atoms with van der Waals surface area (Å²) in [6.07, 6.45) is 0. The highest BCUT2D eigenvalue weighted by Crippen LogP contribution is 2.28. The molecule has 0 bridgehead atoms. The van der Waals surface area contributed by atoms with Crippen molar-refractivity contribution < 1.29 is 17.5 Å². The highest BCUT2D eigenvalue weighted by Gasteiger charge is 2.20. The molecule has 8 heteroatoms. The zero-order valence-corrected chi connectivity index (χ0v) is 17.0. The smallest absolute Gasteiger partial charge is 0.240 e. The quantitative estimate of drug-likeness (QED) is 0.763. The summed E-state index contributed by atoms with van der Waals surface area (Å²) in [4.78, 5) is 4.60. The summed E-state index contributed by atoms with van der Waals surface area (Å²) in [6.45, 7) is 5.88. The Bertz CT molecular complexity index is 913. The number of sulfonamides is 1. The zero-order chi connectivity index (χ0) is 20.1. The minimum absolute atomic E-state index is 0.0902. The summed E-state index contributed by atoms with van der Waals surface area (Å²) in [6, 6.07) is 11.8. The molecule has 1 heterocycles. The van der Waals surface area contributed by atoms with Gasteiger partial charge in [-0.2, -0.15) is 0 Å². The first-order valence-corrected chi connectivity index (χ1v) is 10.7. The SMILES string of the molecule is COc1ccccc1N1CCN(CCNS(=O)(=O)c2ccc(F)c(C)c2)CC1. The number of rotatable bonds is 7. The van der Waals surface area contributed by atoms with E-state index in [1.807, 2.05) is 24.3 Å². The lowest BCUT2D eigenvalue weighted by molar-refractivity contribution is 0.261. The number of ether oxygens (including phenoxy) is 1. The van der Waals surface area contributed by atoms with Gasteiger partial charge in [-0.25, -0.2) is 17.5 Å². The van der Waals surface area contributed by atoms with Gasteiger partial charge in [-0.15, -0.1) is 0 Å². The van der Waals surface area contributed by atoms with Crippen molar-refractivity contribution in [3.63, 3.8) is 0 Å². The molecule has 0 spiro atoms. The Labute approximate surface area is 166 Å². The Balaban J connectivity index is 1.49. The van der Waals surface area contributed by atoms with Crippen molar-refractivity contribution in [3.05, 3.63) is 53.8 Å². The number of aryl methyl sites for hydroxylation is 1. The second-order valence-corrected chi connectivity index (χ2v) is 8.58. The van der Waals surface area contributed by atoms with E-state index in [1.165, 1.54) is 18.2 Å². The number of piperazine rings is 1. The largest absolute Gasteiger partial charge is 0.495 e. The van der Waals surface area contributed by atoms with E-state index in [-0.39, 0.29) is 4.90 Å². The van der Waals surface area contributed by atoms with Gasteiger partial charge in [0.1, 0.15) is 11.6 Å². The lowest BCUT2D eigenvalue weighted by Gasteiger charge is -2.36. The van der Waals surface area contributed by atoms with Crippen LogP contribution in [0.2, 0.25) is 0 Å². The Morgan fingerprint density at radius 3 is 2.50 bits per heavy atom. The number of para-hydroxylation sites is 2. The summed E-state index contributed by atoms with van der Waals surface area (Å²) < 4.78 is 46.1. The van der Waals surface area contributed by atoms with Gasteiger partial charge >= 0.3 is 0 Å². The molecule has 0 amide bonds. The molecule has 1 aliphatic rings. The van der Waals surface area contributed by atoms with Crippen LogP contribution in [0.15, 0.2) is 47.4 Å². The van der Waals surface area contributed by atoms with Crippen LogP contribution >= 0.6 is 0 Å². The van der Waals surface area contributed by atoms with E-state index in [1.54, 1.807) is 14.0 Å². The van der Waals surface area contributed by atoms with Gasteiger partial charge < -0.3 is 9.64 Å². The third kappa shape index (κ3) is 4.81. The Morgan fingerprint density at radius 1 is 1.11 bits per heavy atom. The van der Waals surface area contributed by atoms with Crippen molar-refractivity contribution in [2.24, 2.45) is 0 Å². The second-order valence-electron chi connectivity index (χ2n) is 6.81. The van der Waals surface area contributed by atoms with Crippen LogP contribution in [-0.2, 0) is 10.0 Å². The molecule has 0 saturated carbocycles. The molecule has 2 aromatic carbocycles. The van der Waals surface area contributed by atoms with Crippen molar-refractivity contribution >= 4 is 15.7 Å². The van der Waals surface area contributed by atoms with Crippen molar-refractivity contribution in [2.45, 2.75) is 11.8 Å². The van der Waals surface area contributed by atoms with Gasteiger partial charge in [0.15, 0.2) is 0 Å². The Kier molecular flexibility index (Phi) is 6.53. The molecule has 2 aromatic rings. The number of anilines is 1. The topological polar surface area (TPSA) is 61.9 Å². The number of halogens is 1. The third-order valence-corrected chi connectivity index (χ3v) is 6.42. The lowest BCUT2D eigenvalue weighted by atomic mass is 10.2. The van der Waals surface area contributed by atoms with Crippen molar-refractivity contribution in [2.75, 3.05) is 51.3 Å². The fourth-order valence-corrected chi connectivity index (χ4v) is 4.42. The van der Waals surface area contributed by atoms with Gasteiger partial charge in [0, 0.05) is 39.3 Å². The normalized spacial score (nSPS) is 15.6. The van der Waals surface area contributed by atoms with E-state index >= 15 is 0 Å². The first-order valence-electron chi connectivity index (χ1n) is 9.27. The van der Waals surface area contributed by atoms with E-state index in [0.717, 1.165) is 37.6 Å². The molecule has 1 saturated heterocycles. The zero-order valence-electron chi connectivity index (χ0n) is 16.2. The van der Waals surface area contributed by atoms with Crippen LogP contribution in [0.4, 0.5) is 10.1 Å². The summed E-state index contributed by atoms with van der Waals surface area (Å²) >= 11 is 0. The molecule has 0 aromatic heterocycles. The number of benzene rings is 2. The summed E-state index contributed by atoms with van der Waals surface area (Å²) in [5.41, 5.74) is 1.40. The predicted molar refractivity (Wildman–Crippen MR) is 108 cm³/mol. The van der Waals surface area contributed by atoms with Crippen molar-refractivity contribution in [3.8, 4) is 5.75 Å². The molecule has 0 atom stereocenters. The van der Waals surface area contributed by atoms with E-state index in [9.17, 15) is 12.8 Å². The fourth-order valence-electron chi connectivity index (χ4n) is 3.31. The van der Waals surface area contributed by atoms with E-state index < -0.39 is 15.8 Å². The second kappa shape index (κ2) is 8.89. The van der Waals surface area contributed by atoms with Crippen LogP contribution < -0.4 is 14.4 Å². The molecule has 152 valence electrons. The van der Waals surface area contributed by atoms with Crippen LogP contribution in [0.25, 0.3) is 0 Å². The summed E-state index contributed by atoms with van der Waals surface area (Å²) in [5, 5.41) is 0. The average molecular weight is 408 g/mol. The number of methoxy groups -OCH3 is 1. The molecule has 3 rings (SSSR count). The molecular formula is C20H26FN3O3S. The van der Waals surface area contributed by atoms with E-state index in [0.29, 0.717) is 18.7 Å². The van der Waals surface area contributed by atoms with Gasteiger partial charge in [0.05, 0.1) is 17.7 Å². The van der Waals surface area contributed by atoms with Crippen LogP contribution in [0.1, 0.15) is 5.56 Å². The molecule has 0 aliphatic carbocycles. The predicted octanol–water partition coefficient (Wildman–Crippen LogP) is 2.24. The first kappa shape index (κ1) is 20.6. The molecule has 0 unspecified atom stereocenters. The highest BCUT2D eigenvalue weighted by atomic mass is 32.2. The molecular weight excluding hydrogens is 381 g/mol. The Hall–Kier alpha value is -2.16. The first-order chi connectivity index (χ1) is 13.4. The maximum Gasteiger partial charge on any atom is 0.240 e. The lowest BCUT2D eigenvalue weighted by Crippen LogP contribution is -2.48. The molecule has 1 fully saturated rings. The molecule has 1 N–H and O–H groups in total. The number of hydrogen-bond donors (Lipinski definition) is 1. The van der Waals surface area contributed by atoms with Crippen LogP contribution in [0.5, 0.6) is 5.75 Å². The van der Waals surface area contributed by atoms with Crippen LogP contribution in [0, 0.1) is 12.7 Å². The molecule has 6 nitrogen and oxygen atoms in total. The third-order valence-electron chi connectivity index (χ3n) is 4.96. The molecule has 1 aliphatic heterocycles. The standard InChI is InChI=1S/C20H26FN3O3S/c1-16-15-17(7-8-18(16)21)28(25,26)22-9-10-23-11-13-24(14-12-23)19-5-3-4-6-20(19)27-2/h3-8,15,22H,9-14H2,1-2H3. The summed E-state index contributed by atoms with van der Waals surface area (Å²) in [7, 11) is -1.96.